The predicted molar refractivity (Wildman–Crippen MR) is 93.2 cm³/mol. The Morgan fingerprint density at radius 3 is 2.57 bits per heavy atom. The summed E-state index contributed by atoms with van der Waals surface area (Å²) in [5.41, 5.74) is 2.39. The molecule has 0 saturated heterocycles. The van der Waals surface area contributed by atoms with Crippen LogP contribution in [-0.2, 0) is 0 Å². The van der Waals surface area contributed by atoms with Gasteiger partial charge in [0.1, 0.15) is 5.75 Å². The van der Waals surface area contributed by atoms with Crippen molar-refractivity contribution in [1.29, 1.82) is 0 Å². The van der Waals surface area contributed by atoms with E-state index in [0.717, 1.165) is 22.7 Å². The molecule has 5 nitrogen and oxygen atoms in total. The Hall–Kier alpha value is -2.86. The first kappa shape index (κ1) is 15.1. The van der Waals surface area contributed by atoms with Gasteiger partial charge in [0, 0.05) is 16.6 Å². The molecule has 0 atom stereocenters. The van der Waals surface area contributed by atoms with Gasteiger partial charge in [0.15, 0.2) is 5.13 Å². The van der Waals surface area contributed by atoms with Crippen LogP contribution < -0.4 is 15.4 Å². The van der Waals surface area contributed by atoms with Crippen LogP contribution in [0.3, 0.4) is 0 Å². The summed E-state index contributed by atoms with van der Waals surface area (Å²) in [5.74, 6) is 0.748. The van der Waals surface area contributed by atoms with E-state index in [1.54, 1.807) is 7.11 Å². The first-order valence-electron chi connectivity index (χ1n) is 6.98. The minimum Gasteiger partial charge on any atom is -0.496 e. The van der Waals surface area contributed by atoms with Crippen LogP contribution in [0.1, 0.15) is 0 Å². The van der Waals surface area contributed by atoms with E-state index in [1.165, 1.54) is 11.3 Å². The number of aromatic nitrogens is 1. The fourth-order valence-electron chi connectivity index (χ4n) is 2.09. The van der Waals surface area contributed by atoms with E-state index < -0.39 is 0 Å². The molecule has 3 rings (SSSR count). The third-order valence-corrected chi connectivity index (χ3v) is 3.90. The number of hydrogen-bond donors (Lipinski definition) is 2. The number of nitrogens with zero attached hydrogens (tertiary/aromatic N) is 1. The number of benzene rings is 2. The number of ether oxygens (including phenoxy) is 1. The maximum absolute atomic E-state index is 12.0. The molecular formula is C17H15N3O2S. The zero-order valence-electron chi connectivity index (χ0n) is 12.4. The highest BCUT2D eigenvalue weighted by molar-refractivity contribution is 7.14. The third kappa shape index (κ3) is 3.67. The molecule has 0 unspecified atom stereocenters. The third-order valence-electron chi connectivity index (χ3n) is 3.14. The van der Waals surface area contributed by atoms with E-state index in [0.29, 0.717) is 5.13 Å². The van der Waals surface area contributed by atoms with E-state index in [9.17, 15) is 4.79 Å². The number of carbonyl (C=O) groups is 1. The van der Waals surface area contributed by atoms with Crippen LogP contribution in [-0.4, -0.2) is 18.1 Å². The standard InChI is InChI=1S/C17H15N3O2S/c1-22-15-10-6-5-9-13(15)14-11-23-17(19-14)20-16(21)18-12-7-3-2-4-8-12/h2-11H,1H3,(H2,18,19,20,21). The number of hydrogen-bond acceptors (Lipinski definition) is 4. The number of urea groups is 1. The molecule has 0 aliphatic heterocycles. The van der Waals surface area contributed by atoms with Crippen LogP contribution in [0.2, 0.25) is 0 Å². The molecule has 116 valence electrons. The number of amides is 2. The molecule has 1 heterocycles. The van der Waals surface area contributed by atoms with Crippen LogP contribution in [0.4, 0.5) is 15.6 Å². The van der Waals surface area contributed by atoms with Crippen molar-refractivity contribution in [3.8, 4) is 17.0 Å². The summed E-state index contributed by atoms with van der Waals surface area (Å²) < 4.78 is 5.33. The Morgan fingerprint density at radius 2 is 1.78 bits per heavy atom. The molecule has 0 saturated carbocycles. The van der Waals surface area contributed by atoms with Crippen molar-refractivity contribution in [2.24, 2.45) is 0 Å². The number of anilines is 2. The van der Waals surface area contributed by atoms with Crippen molar-refractivity contribution < 1.29 is 9.53 Å². The SMILES string of the molecule is COc1ccccc1-c1csc(NC(=O)Nc2ccccc2)n1. The predicted octanol–water partition coefficient (Wildman–Crippen LogP) is 4.46. The van der Waals surface area contributed by atoms with Gasteiger partial charge in [-0.25, -0.2) is 9.78 Å². The second kappa shape index (κ2) is 6.93. The molecule has 0 fully saturated rings. The first-order valence-corrected chi connectivity index (χ1v) is 7.86. The van der Waals surface area contributed by atoms with Crippen molar-refractivity contribution in [2.45, 2.75) is 0 Å². The molecular weight excluding hydrogens is 310 g/mol. The average Bonchev–Trinajstić information content (AvgIpc) is 3.03. The molecule has 0 bridgehead atoms. The number of nitrogens with one attached hydrogen (secondary N) is 2. The van der Waals surface area contributed by atoms with Crippen molar-refractivity contribution in [1.82, 2.24) is 4.98 Å². The van der Waals surface area contributed by atoms with Crippen molar-refractivity contribution in [2.75, 3.05) is 17.7 Å². The summed E-state index contributed by atoms with van der Waals surface area (Å²) >= 11 is 1.36. The van der Waals surface area contributed by atoms with Gasteiger partial charge in [0.25, 0.3) is 0 Å². The van der Waals surface area contributed by atoms with Gasteiger partial charge >= 0.3 is 6.03 Å². The highest BCUT2D eigenvalue weighted by Crippen LogP contribution is 2.31. The Labute approximate surface area is 138 Å². The zero-order chi connectivity index (χ0) is 16.1. The molecule has 2 amide bonds. The van der Waals surface area contributed by atoms with Gasteiger partial charge in [0.05, 0.1) is 12.8 Å². The highest BCUT2D eigenvalue weighted by Gasteiger charge is 2.11. The molecule has 0 spiro atoms. The molecule has 2 N–H and O–H groups in total. The van der Waals surface area contributed by atoms with Crippen LogP contribution >= 0.6 is 11.3 Å². The summed E-state index contributed by atoms with van der Waals surface area (Å²) in [6.45, 7) is 0. The smallest absolute Gasteiger partial charge is 0.325 e. The van der Waals surface area contributed by atoms with Gasteiger partial charge in [-0.1, -0.05) is 30.3 Å². The summed E-state index contributed by atoms with van der Waals surface area (Å²) in [6, 6.07) is 16.6. The molecule has 0 aliphatic rings. The fraction of sp³-hybridized carbons (Fsp3) is 0.0588. The molecule has 1 aromatic heterocycles. The van der Waals surface area contributed by atoms with Gasteiger partial charge in [0.2, 0.25) is 0 Å². The first-order chi connectivity index (χ1) is 11.3. The summed E-state index contributed by atoms with van der Waals surface area (Å²) in [7, 11) is 1.62. The molecule has 23 heavy (non-hydrogen) atoms. The molecule has 0 aliphatic carbocycles. The maximum Gasteiger partial charge on any atom is 0.325 e. The van der Waals surface area contributed by atoms with Crippen LogP contribution in [0.15, 0.2) is 60.0 Å². The minimum atomic E-state index is -0.322. The lowest BCUT2D eigenvalue weighted by Gasteiger charge is -2.06. The van der Waals surface area contributed by atoms with Crippen LogP contribution in [0.5, 0.6) is 5.75 Å². The van der Waals surface area contributed by atoms with Gasteiger partial charge in [-0.2, -0.15) is 0 Å². The van der Waals surface area contributed by atoms with E-state index in [1.807, 2.05) is 60.0 Å². The number of thiazole rings is 1. The van der Waals surface area contributed by atoms with Gasteiger partial charge in [-0.15, -0.1) is 11.3 Å². The van der Waals surface area contributed by atoms with Gasteiger partial charge in [-0.3, -0.25) is 5.32 Å². The fourth-order valence-corrected chi connectivity index (χ4v) is 2.80. The van der Waals surface area contributed by atoms with Crippen LogP contribution in [0.25, 0.3) is 11.3 Å². The lowest BCUT2D eigenvalue weighted by molar-refractivity contribution is 0.262. The van der Waals surface area contributed by atoms with Crippen molar-refractivity contribution >= 4 is 28.2 Å². The van der Waals surface area contributed by atoms with E-state index in [-0.39, 0.29) is 6.03 Å². The number of methoxy groups -OCH3 is 1. The number of para-hydroxylation sites is 2. The lowest BCUT2D eigenvalue weighted by Crippen LogP contribution is -2.19. The molecule has 0 radical (unpaired) electrons. The average molecular weight is 325 g/mol. The molecule has 2 aromatic carbocycles. The Kier molecular flexibility index (Phi) is 4.54. The highest BCUT2D eigenvalue weighted by atomic mass is 32.1. The minimum absolute atomic E-state index is 0.322. The number of carbonyl (C=O) groups excluding carboxylic acids is 1. The zero-order valence-corrected chi connectivity index (χ0v) is 13.3. The Bertz CT molecular complexity index is 802. The normalized spacial score (nSPS) is 10.1. The summed E-state index contributed by atoms with van der Waals surface area (Å²) in [6.07, 6.45) is 0. The van der Waals surface area contributed by atoms with Gasteiger partial charge < -0.3 is 10.1 Å². The maximum atomic E-state index is 12.0. The van der Waals surface area contributed by atoms with Crippen molar-refractivity contribution in [3.63, 3.8) is 0 Å². The van der Waals surface area contributed by atoms with E-state index in [2.05, 4.69) is 15.6 Å². The topological polar surface area (TPSA) is 63.2 Å². The van der Waals surface area contributed by atoms with Gasteiger partial charge in [-0.05, 0) is 24.3 Å². The van der Waals surface area contributed by atoms with E-state index >= 15 is 0 Å². The second-order valence-electron chi connectivity index (χ2n) is 4.68. The largest absolute Gasteiger partial charge is 0.496 e. The number of rotatable bonds is 4. The molecule has 3 aromatic rings. The summed E-state index contributed by atoms with van der Waals surface area (Å²) in [5, 5.41) is 7.90. The monoisotopic (exact) mass is 325 g/mol. The van der Waals surface area contributed by atoms with Crippen molar-refractivity contribution in [3.05, 3.63) is 60.0 Å². The van der Waals surface area contributed by atoms with Crippen LogP contribution in [0, 0.1) is 0 Å². The lowest BCUT2D eigenvalue weighted by atomic mass is 10.1. The summed E-state index contributed by atoms with van der Waals surface area (Å²) in [4.78, 5) is 16.4. The van der Waals surface area contributed by atoms with E-state index in [4.69, 9.17) is 4.74 Å². The Morgan fingerprint density at radius 1 is 1.04 bits per heavy atom. The Balaban J connectivity index is 1.71. The second-order valence-corrected chi connectivity index (χ2v) is 5.54. The molecule has 6 heteroatoms. The quantitative estimate of drug-likeness (QED) is 0.744.